The van der Waals surface area contributed by atoms with Crippen molar-refractivity contribution in [3.8, 4) is 5.75 Å². The van der Waals surface area contributed by atoms with Crippen molar-refractivity contribution in [2.24, 2.45) is 7.05 Å². The Bertz CT molecular complexity index is 607. The van der Waals surface area contributed by atoms with E-state index in [-0.39, 0.29) is 0 Å². The van der Waals surface area contributed by atoms with E-state index in [2.05, 4.69) is 38.5 Å². The Labute approximate surface area is 133 Å². The minimum atomic E-state index is 0.663. The minimum absolute atomic E-state index is 0.663. The van der Waals surface area contributed by atoms with Crippen molar-refractivity contribution in [1.82, 2.24) is 15.1 Å². The predicted octanol–water partition coefficient (Wildman–Crippen LogP) is 3.06. The average molecular weight is 350 g/mol. The van der Waals surface area contributed by atoms with Crippen LogP contribution in [0, 0.1) is 0 Å². The first-order valence-electron chi connectivity index (χ1n) is 7.34. The maximum Gasteiger partial charge on any atom is 0.119 e. The third-order valence-corrected chi connectivity index (χ3v) is 4.50. The average Bonchev–Trinajstić information content (AvgIpc) is 3.22. The number of hydrogen-bond acceptors (Lipinski definition) is 3. The van der Waals surface area contributed by atoms with Crippen molar-refractivity contribution in [1.29, 1.82) is 0 Å². The summed E-state index contributed by atoms with van der Waals surface area (Å²) in [6.45, 7) is 1.56. The second-order valence-corrected chi connectivity index (χ2v) is 6.31. The first kappa shape index (κ1) is 14.6. The third kappa shape index (κ3) is 4.08. The number of halogens is 1. The number of ether oxygens (including phenoxy) is 1. The van der Waals surface area contributed by atoms with Crippen molar-refractivity contribution < 1.29 is 4.74 Å². The van der Waals surface area contributed by atoms with Crippen LogP contribution in [0.15, 0.2) is 34.9 Å². The second-order valence-electron chi connectivity index (χ2n) is 5.45. The van der Waals surface area contributed by atoms with Crippen LogP contribution in [-0.2, 0) is 20.0 Å². The van der Waals surface area contributed by atoms with Crippen LogP contribution in [-0.4, -0.2) is 22.4 Å². The molecule has 1 aliphatic carbocycles. The molecule has 2 aromatic rings. The normalized spacial score (nSPS) is 14.4. The lowest BCUT2D eigenvalue weighted by molar-refractivity contribution is 0.318. The Morgan fingerprint density at radius 2 is 2.24 bits per heavy atom. The lowest BCUT2D eigenvalue weighted by Gasteiger charge is -2.10. The fraction of sp³-hybridized carbons (Fsp3) is 0.438. The summed E-state index contributed by atoms with van der Waals surface area (Å²) in [5.74, 6) is 0.924. The number of hydrogen-bond donors (Lipinski definition) is 1. The number of aryl methyl sites for hydroxylation is 1. The molecule has 21 heavy (non-hydrogen) atoms. The molecule has 1 aromatic heterocycles. The van der Waals surface area contributed by atoms with Gasteiger partial charge < -0.3 is 10.1 Å². The molecule has 3 rings (SSSR count). The summed E-state index contributed by atoms with van der Waals surface area (Å²) < 4.78 is 8.88. The van der Waals surface area contributed by atoms with Crippen LogP contribution in [0.5, 0.6) is 5.75 Å². The maximum atomic E-state index is 5.86. The predicted molar refractivity (Wildman–Crippen MR) is 86.4 cm³/mol. The van der Waals surface area contributed by atoms with Crippen LogP contribution < -0.4 is 10.1 Å². The second kappa shape index (κ2) is 6.62. The summed E-state index contributed by atoms with van der Waals surface area (Å²) in [6, 6.07) is 8.92. The highest BCUT2D eigenvalue weighted by Gasteiger charge is 2.20. The lowest BCUT2D eigenvalue weighted by atomic mass is 10.2. The van der Waals surface area contributed by atoms with Crippen molar-refractivity contribution in [2.75, 3.05) is 6.61 Å². The molecule has 1 aliphatic rings. The van der Waals surface area contributed by atoms with Gasteiger partial charge in [0.2, 0.25) is 0 Å². The third-order valence-electron chi connectivity index (χ3n) is 3.73. The van der Waals surface area contributed by atoms with Crippen molar-refractivity contribution in [3.05, 3.63) is 46.2 Å². The van der Waals surface area contributed by atoms with Gasteiger partial charge in [-0.05, 0) is 42.7 Å². The molecule has 0 saturated heterocycles. The van der Waals surface area contributed by atoms with Gasteiger partial charge in [0.1, 0.15) is 5.75 Å². The molecule has 0 aliphatic heterocycles. The SMILES string of the molecule is Cn1nccc1CCOc1ccc(Br)c(CNC2CC2)c1. The largest absolute Gasteiger partial charge is 0.493 e. The van der Waals surface area contributed by atoms with Crippen LogP contribution in [0.3, 0.4) is 0 Å². The number of nitrogens with zero attached hydrogens (tertiary/aromatic N) is 2. The molecule has 0 spiro atoms. The van der Waals surface area contributed by atoms with Crippen molar-refractivity contribution in [3.63, 3.8) is 0 Å². The summed E-state index contributed by atoms with van der Waals surface area (Å²) in [7, 11) is 1.95. The zero-order valence-electron chi connectivity index (χ0n) is 12.2. The molecule has 0 radical (unpaired) electrons. The van der Waals surface area contributed by atoms with E-state index in [9.17, 15) is 0 Å². The van der Waals surface area contributed by atoms with E-state index in [1.807, 2.05) is 30.1 Å². The zero-order chi connectivity index (χ0) is 14.7. The monoisotopic (exact) mass is 349 g/mol. The van der Waals surface area contributed by atoms with Gasteiger partial charge >= 0.3 is 0 Å². The number of benzene rings is 1. The standard InChI is InChI=1S/C16H20BrN3O/c1-20-14(6-8-19-20)7-9-21-15-4-5-16(17)12(10-15)11-18-13-2-3-13/h4-6,8,10,13,18H,2-3,7,9,11H2,1H3. The van der Waals surface area contributed by atoms with Gasteiger partial charge in [-0.15, -0.1) is 0 Å². The Morgan fingerprint density at radius 1 is 1.38 bits per heavy atom. The van der Waals surface area contributed by atoms with Crippen LogP contribution in [0.4, 0.5) is 0 Å². The van der Waals surface area contributed by atoms with Crippen LogP contribution >= 0.6 is 15.9 Å². The van der Waals surface area contributed by atoms with Crippen molar-refractivity contribution >= 4 is 15.9 Å². The summed E-state index contributed by atoms with van der Waals surface area (Å²) >= 11 is 3.60. The highest BCUT2D eigenvalue weighted by atomic mass is 79.9. The molecule has 4 nitrogen and oxygen atoms in total. The van der Waals surface area contributed by atoms with Crippen LogP contribution in [0.1, 0.15) is 24.1 Å². The van der Waals surface area contributed by atoms with Crippen LogP contribution in [0.2, 0.25) is 0 Å². The van der Waals surface area contributed by atoms with Gasteiger partial charge in [0.15, 0.2) is 0 Å². The fourth-order valence-corrected chi connectivity index (χ4v) is 2.62. The van der Waals surface area contributed by atoms with Gasteiger partial charge in [-0.25, -0.2) is 0 Å². The van der Waals surface area contributed by atoms with Gasteiger partial charge in [-0.1, -0.05) is 15.9 Å². The number of rotatable bonds is 7. The van der Waals surface area contributed by atoms with E-state index in [1.165, 1.54) is 24.1 Å². The van der Waals surface area contributed by atoms with Crippen LogP contribution in [0.25, 0.3) is 0 Å². The van der Waals surface area contributed by atoms with E-state index in [0.717, 1.165) is 23.2 Å². The van der Waals surface area contributed by atoms with Gasteiger partial charge in [-0.2, -0.15) is 5.10 Å². The van der Waals surface area contributed by atoms with E-state index in [1.54, 1.807) is 0 Å². The van der Waals surface area contributed by atoms with Gasteiger partial charge in [0.05, 0.1) is 6.61 Å². The van der Waals surface area contributed by atoms with E-state index in [0.29, 0.717) is 12.6 Å². The summed E-state index contributed by atoms with van der Waals surface area (Å²) in [5.41, 5.74) is 2.43. The minimum Gasteiger partial charge on any atom is -0.493 e. The summed E-state index contributed by atoms with van der Waals surface area (Å²) in [6.07, 6.45) is 5.29. The highest BCUT2D eigenvalue weighted by Crippen LogP contribution is 2.25. The quantitative estimate of drug-likeness (QED) is 0.834. The topological polar surface area (TPSA) is 39.1 Å². The Hall–Kier alpha value is -1.33. The van der Waals surface area contributed by atoms with Gasteiger partial charge in [0, 0.05) is 42.4 Å². The molecule has 1 heterocycles. The molecule has 0 amide bonds. The Balaban J connectivity index is 1.54. The Kier molecular flexibility index (Phi) is 4.60. The number of nitrogens with one attached hydrogen (secondary N) is 1. The number of aromatic nitrogens is 2. The Morgan fingerprint density at radius 3 is 2.95 bits per heavy atom. The first-order chi connectivity index (χ1) is 10.2. The lowest BCUT2D eigenvalue weighted by Crippen LogP contribution is -2.15. The summed E-state index contributed by atoms with van der Waals surface area (Å²) in [5, 5.41) is 7.69. The van der Waals surface area contributed by atoms with E-state index in [4.69, 9.17) is 4.74 Å². The molecule has 5 heteroatoms. The maximum absolute atomic E-state index is 5.86. The molecule has 0 atom stereocenters. The molecule has 1 fully saturated rings. The smallest absolute Gasteiger partial charge is 0.119 e. The first-order valence-corrected chi connectivity index (χ1v) is 8.13. The van der Waals surface area contributed by atoms with E-state index >= 15 is 0 Å². The van der Waals surface area contributed by atoms with Crippen molar-refractivity contribution in [2.45, 2.75) is 31.8 Å². The van der Waals surface area contributed by atoms with E-state index < -0.39 is 0 Å². The highest BCUT2D eigenvalue weighted by molar-refractivity contribution is 9.10. The molecule has 1 aromatic carbocycles. The molecular weight excluding hydrogens is 330 g/mol. The zero-order valence-corrected chi connectivity index (χ0v) is 13.8. The molecular formula is C16H20BrN3O. The molecule has 1 N–H and O–H groups in total. The van der Waals surface area contributed by atoms with Gasteiger partial charge in [-0.3, -0.25) is 4.68 Å². The molecule has 0 unspecified atom stereocenters. The summed E-state index contributed by atoms with van der Waals surface area (Å²) in [4.78, 5) is 0. The fourth-order valence-electron chi connectivity index (χ4n) is 2.24. The molecule has 0 bridgehead atoms. The molecule has 1 saturated carbocycles. The van der Waals surface area contributed by atoms with Gasteiger partial charge in [0.25, 0.3) is 0 Å². The molecule has 112 valence electrons.